The molecule has 0 saturated heterocycles. The van der Waals surface area contributed by atoms with Crippen molar-refractivity contribution in [2.45, 2.75) is 0 Å². The van der Waals surface area contributed by atoms with E-state index in [1.54, 1.807) is 24.5 Å². The van der Waals surface area contributed by atoms with Gasteiger partial charge in [-0.1, -0.05) is 0 Å². The van der Waals surface area contributed by atoms with Crippen LogP contribution in [0, 0.1) is 5.13 Å². The third-order valence-corrected chi connectivity index (χ3v) is 2.76. The molecule has 1 N–H and O–H groups in total. The number of nitrogens with zero attached hydrogens (tertiary/aromatic N) is 2. The Balaban J connectivity index is 1.95. The average molecular weight is 249 g/mol. The Morgan fingerprint density at radius 2 is 2.12 bits per heavy atom. The molecule has 0 radical (unpaired) electrons. The average Bonchev–Trinajstić information content (AvgIpc) is 2.77. The fraction of sp³-hybridized carbons (Fsp3) is 0. The van der Waals surface area contributed by atoms with Crippen molar-refractivity contribution in [1.29, 1.82) is 0 Å². The number of nitrogens with one attached hydrogen (secondary N) is 1. The van der Waals surface area contributed by atoms with Gasteiger partial charge in [-0.15, -0.1) is 11.3 Å². The van der Waals surface area contributed by atoms with Gasteiger partial charge in [-0.05, 0) is 29.8 Å². The van der Waals surface area contributed by atoms with Crippen molar-refractivity contribution in [2.24, 2.45) is 5.10 Å². The number of rotatable bonds is 3. The molecule has 86 valence electrons. The van der Waals surface area contributed by atoms with E-state index < -0.39 is 11.0 Å². The SMILES string of the molecule is O=C(NN=Cc1ccncc1)c1ccc(F)s1. The molecule has 4 nitrogen and oxygen atoms in total. The first-order valence-electron chi connectivity index (χ1n) is 4.74. The molecule has 2 rings (SSSR count). The third-order valence-electron chi connectivity index (χ3n) is 1.88. The number of carbonyl (C=O) groups excluding carboxylic acids is 1. The summed E-state index contributed by atoms with van der Waals surface area (Å²) in [5, 5.41) is 3.36. The van der Waals surface area contributed by atoms with Crippen LogP contribution in [-0.2, 0) is 0 Å². The summed E-state index contributed by atoms with van der Waals surface area (Å²) >= 11 is 0.779. The molecule has 0 bridgehead atoms. The monoisotopic (exact) mass is 249 g/mol. The second-order valence-electron chi connectivity index (χ2n) is 3.08. The second-order valence-corrected chi connectivity index (χ2v) is 4.12. The lowest BCUT2D eigenvalue weighted by Gasteiger charge is -1.95. The van der Waals surface area contributed by atoms with Gasteiger partial charge in [-0.2, -0.15) is 9.49 Å². The molecule has 6 heteroatoms. The van der Waals surface area contributed by atoms with Crippen LogP contribution >= 0.6 is 11.3 Å². The molecule has 0 saturated carbocycles. The Kier molecular flexibility index (Phi) is 3.56. The maximum atomic E-state index is 12.7. The molecule has 0 aromatic carbocycles. The first-order chi connectivity index (χ1) is 8.25. The van der Waals surface area contributed by atoms with Crippen LogP contribution in [0.5, 0.6) is 0 Å². The zero-order valence-electron chi connectivity index (χ0n) is 8.63. The van der Waals surface area contributed by atoms with E-state index in [0.717, 1.165) is 16.9 Å². The molecule has 0 atom stereocenters. The molecular weight excluding hydrogens is 241 g/mol. The van der Waals surface area contributed by atoms with E-state index in [-0.39, 0.29) is 4.88 Å². The van der Waals surface area contributed by atoms with Crippen molar-refractivity contribution < 1.29 is 9.18 Å². The number of thiophene rings is 1. The lowest BCUT2D eigenvalue weighted by atomic mass is 10.3. The molecule has 1 amide bonds. The maximum Gasteiger partial charge on any atom is 0.281 e. The Morgan fingerprint density at radius 3 is 2.76 bits per heavy atom. The van der Waals surface area contributed by atoms with Crippen LogP contribution in [0.1, 0.15) is 15.2 Å². The fourth-order valence-corrected chi connectivity index (χ4v) is 1.73. The minimum Gasteiger partial charge on any atom is -0.266 e. The highest BCUT2D eigenvalue weighted by Crippen LogP contribution is 2.13. The van der Waals surface area contributed by atoms with Crippen molar-refractivity contribution in [3.05, 3.63) is 52.2 Å². The smallest absolute Gasteiger partial charge is 0.266 e. The van der Waals surface area contributed by atoms with E-state index in [4.69, 9.17) is 0 Å². The van der Waals surface area contributed by atoms with Crippen LogP contribution in [0.4, 0.5) is 4.39 Å². The molecule has 17 heavy (non-hydrogen) atoms. The summed E-state index contributed by atoms with van der Waals surface area (Å²) in [5.74, 6) is -0.427. The van der Waals surface area contributed by atoms with E-state index in [2.05, 4.69) is 15.5 Å². The minimum absolute atomic E-state index is 0.286. The van der Waals surface area contributed by atoms with Crippen LogP contribution in [0.2, 0.25) is 0 Å². The van der Waals surface area contributed by atoms with Gasteiger partial charge in [0.25, 0.3) is 5.91 Å². The highest BCUT2D eigenvalue weighted by Gasteiger charge is 2.07. The van der Waals surface area contributed by atoms with Gasteiger partial charge in [0.2, 0.25) is 0 Å². The Morgan fingerprint density at radius 1 is 1.35 bits per heavy atom. The van der Waals surface area contributed by atoms with Gasteiger partial charge in [-0.3, -0.25) is 9.78 Å². The lowest BCUT2D eigenvalue weighted by molar-refractivity contribution is 0.0959. The standard InChI is InChI=1S/C11H8FN3OS/c12-10-2-1-9(17-10)11(16)15-14-7-8-3-5-13-6-4-8/h1-7H,(H,15,16). The number of halogens is 1. The summed E-state index contributed by atoms with van der Waals surface area (Å²) in [4.78, 5) is 15.6. The Labute approximate surface area is 101 Å². The lowest BCUT2D eigenvalue weighted by Crippen LogP contribution is -2.16. The summed E-state index contributed by atoms with van der Waals surface area (Å²) in [6.45, 7) is 0. The van der Waals surface area contributed by atoms with Crippen molar-refractivity contribution in [3.8, 4) is 0 Å². The van der Waals surface area contributed by atoms with Gasteiger partial charge in [0.1, 0.15) is 0 Å². The molecule has 2 heterocycles. The summed E-state index contributed by atoms with van der Waals surface area (Å²) < 4.78 is 12.7. The normalized spacial score (nSPS) is 10.6. The number of hydrazone groups is 1. The van der Waals surface area contributed by atoms with E-state index in [1.165, 1.54) is 18.3 Å². The molecular formula is C11H8FN3OS. The third kappa shape index (κ3) is 3.18. The molecule has 0 unspecified atom stereocenters. The van der Waals surface area contributed by atoms with Crippen LogP contribution in [-0.4, -0.2) is 17.1 Å². The summed E-state index contributed by atoms with van der Waals surface area (Å²) in [7, 11) is 0. The van der Waals surface area contributed by atoms with Gasteiger partial charge >= 0.3 is 0 Å². The highest BCUT2D eigenvalue weighted by atomic mass is 32.1. The fourth-order valence-electron chi connectivity index (χ4n) is 1.11. The summed E-state index contributed by atoms with van der Waals surface area (Å²) in [5.41, 5.74) is 3.13. The summed E-state index contributed by atoms with van der Waals surface area (Å²) in [6, 6.07) is 6.16. The number of pyridine rings is 1. The molecule has 0 aliphatic carbocycles. The Bertz CT molecular complexity index is 539. The first kappa shape index (κ1) is 11.4. The first-order valence-corrected chi connectivity index (χ1v) is 5.56. The molecule has 0 aliphatic rings. The molecule has 0 fully saturated rings. The molecule has 2 aromatic heterocycles. The predicted octanol–water partition coefficient (Wildman–Crippen LogP) is 2.05. The number of hydrogen-bond acceptors (Lipinski definition) is 4. The van der Waals surface area contributed by atoms with Crippen LogP contribution in [0.25, 0.3) is 0 Å². The van der Waals surface area contributed by atoms with Gasteiger partial charge in [0.15, 0.2) is 5.13 Å². The number of aromatic nitrogens is 1. The van der Waals surface area contributed by atoms with Crippen LogP contribution < -0.4 is 5.43 Å². The van der Waals surface area contributed by atoms with Crippen molar-refractivity contribution in [1.82, 2.24) is 10.4 Å². The predicted molar refractivity (Wildman–Crippen MR) is 63.6 cm³/mol. The van der Waals surface area contributed by atoms with Crippen LogP contribution in [0.3, 0.4) is 0 Å². The van der Waals surface area contributed by atoms with Crippen molar-refractivity contribution in [3.63, 3.8) is 0 Å². The number of carbonyl (C=O) groups is 1. The minimum atomic E-state index is -0.427. The largest absolute Gasteiger partial charge is 0.281 e. The van der Waals surface area contributed by atoms with Gasteiger partial charge < -0.3 is 0 Å². The zero-order chi connectivity index (χ0) is 12.1. The van der Waals surface area contributed by atoms with Gasteiger partial charge in [-0.25, -0.2) is 5.43 Å². The van der Waals surface area contributed by atoms with E-state index in [1.807, 2.05) is 0 Å². The van der Waals surface area contributed by atoms with E-state index in [0.29, 0.717) is 0 Å². The summed E-state index contributed by atoms with van der Waals surface area (Å²) in [6.07, 6.45) is 4.74. The topological polar surface area (TPSA) is 54.4 Å². The number of amides is 1. The van der Waals surface area contributed by atoms with Crippen LogP contribution in [0.15, 0.2) is 41.8 Å². The maximum absolute atomic E-state index is 12.7. The van der Waals surface area contributed by atoms with E-state index in [9.17, 15) is 9.18 Å². The molecule has 0 spiro atoms. The van der Waals surface area contributed by atoms with Gasteiger partial charge in [0.05, 0.1) is 11.1 Å². The quantitative estimate of drug-likeness (QED) is 0.668. The van der Waals surface area contributed by atoms with E-state index >= 15 is 0 Å². The second kappa shape index (κ2) is 5.31. The Hall–Kier alpha value is -2.08. The molecule has 0 aliphatic heterocycles. The zero-order valence-corrected chi connectivity index (χ0v) is 9.45. The highest BCUT2D eigenvalue weighted by molar-refractivity contribution is 7.12. The molecule has 2 aromatic rings. The van der Waals surface area contributed by atoms with Crippen molar-refractivity contribution >= 4 is 23.5 Å². The van der Waals surface area contributed by atoms with Gasteiger partial charge in [0, 0.05) is 12.4 Å². The number of hydrogen-bond donors (Lipinski definition) is 1. The van der Waals surface area contributed by atoms with Crippen molar-refractivity contribution in [2.75, 3.05) is 0 Å².